The fraction of sp³-hybridized carbons (Fsp3) is 0.727. The van der Waals surface area contributed by atoms with Crippen molar-refractivity contribution in [3.05, 3.63) is 0 Å². The normalized spacial score (nSPS) is 15.9. The van der Waals surface area contributed by atoms with Gasteiger partial charge in [0, 0.05) is 7.05 Å². The highest BCUT2D eigenvalue weighted by atomic mass is 32.2. The fourth-order valence-corrected chi connectivity index (χ4v) is 2.71. The molecular weight excluding hydrogens is 282 g/mol. The first-order valence-electron chi connectivity index (χ1n) is 6.43. The van der Waals surface area contributed by atoms with Crippen LogP contribution in [0.3, 0.4) is 0 Å². The van der Waals surface area contributed by atoms with Crippen molar-refractivity contribution in [3.63, 3.8) is 0 Å². The molecule has 1 amide bonds. The Balaban J connectivity index is 1.91. The molecule has 1 aliphatic rings. The van der Waals surface area contributed by atoms with E-state index >= 15 is 0 Å². The van der Waals surface area contributed by atoms with E-state index in [1.54, 1.807) is 11.6 Å². The third kappa shape index (κ3) is 3.27. The van der Waals surface area contributed by atoms with Crippen LogP contribution in [0.2, 0.25) is 0 Å². The van der Waals surface area contributed by atoms with Crippen LogP contribution in [0.15, 0.2) is 5.16 Å². The predicted molar refractivity (Wildman–Crippen MR) is 71.3 cm³/mol. The number of rotatable bonds is 7. The van der Waals surface area contributed by atoms with E-state index in [4.69, 9.17) is 5.11 Å². The number of amides is 1. The van der Waals surface area contributed by atoms with Gasteiger partial charge in [-0.05, 0) is 29.7 Å². The van der Waals surface area contributed by atoms with Gasteiger partial charge in [0.2, 0.25) is 11.1 Å². The molecule has 1 aromatic heterocycles. The van der Waals surface area contributed by atoms with Gasteiger partial charge >= 0.3 is 5.97 Å². The molecular formula is C11H17N5O3S. The summed E-state index contributed by atoms with van der Waals surface area (Å²) in [6.45, 7) is 1.74. The van der Waals surface area contributed by atoms with Gasteiger partial charge in [-0.3, -0.25) is 4.79 Å². The van der Waals surface area contributed by atoms with Gasteiger partial charge in [0.1, 0.15) is 6.04 Å². The average Bonchev–Trinajstić information content (AvgIpc) is 3.15. The fourth-order valence-electron chi connectivity index (χ4n) is 1.84. The summed E-state index contributed by atoms with van der Waals surface area (Å²) in [4.78, 5) is 24.3. The zero-order chi connectivity index (χ0) is 14.7. The van der Waals surface area contributed by atoms with Crippen LogP contribution >= 0.6 is 11.8 Å². The second kappa shape index (κ2) is 6.21. The highest BCUT2D eigenvalue weighted by Gasteiger charge is 2.29. The quantitative estimate of drug-likeness (QED) is 0.728. The lowest BCUT2D eigenvalue weighted by Crippen LogP contribution is -2.42. The van der Waals surface area contributed by atoms with Crippen LogP contribution in [0, 0.1) is 0 Å². The van der Waals surface area contributed by atoms with Crippen LogP contribution in [0.25, 0.3) is 0 Å². The smallest absolute Gasteiger partial charge is 0.326 e. The SMILES string of the molecule is CCC(C(=O)O)N(C)C(=O)CSc1nnnn1C1CC1. The molecule has 110 valence electrons. The third-order valence-electron chi connectivity index (χ3n) is 3.21. The van der Waals surface area contributed by atoms with Crippen molar-refractivity contribution in [3.8, 4) is 0 Å². The van der Waals surface area contributed by atoms with Gasteiger partial charge in [0.15, 0.2) is 0 Å². The summed E-state index contributed by atoms with van der Waals surface area (Å²) in [5.74, 6) is -1.10. The Bertz CT molecular complexity index is 502. The maximum absolute atomic E-state index is 12.0. The summed E-state index contributed by atoms with van der Waals surface area (Å²) in [6.07, 6.45) is 2.49. The molecule has 0 aromatic carbocycles. The van der Waals surface area contributed by atoms with Crippen LogP contribution in [-0.2, 0) is 9.59 Å². The summed E-state index contributed by atoms with van der Waals surface area (Å²) in [6, 6.07) is -0.440. The van der Waals surface area contributed by atoms with Crippen molar-refractivity contribution < 1.29 is 14.7 Å². The number of aromatic nitrogens is 4. The number of nitrogens with zero attached hydrogens (tertiary/aromatic N) is 5. The molecule has 8 nitrogen and oxygen atoms in total. The van der Waals surface area contributed by atoms with E-state index in [-0.39, 0.29) is 11.7 Å². The molecule has 20 heavy (non-hydrogen) atoms. The number of tetrazole rings is 1. The number of hydrogen-bond donors (Lipinski definition) is 1. The summed E-state index contributed by atoms with van der Waals surface area (Å²) in [5.41, 5.74) is 0. The Morgan fingerprint density at radius 2 is 2.25 bits per heavy atom. The van der Waals surface area contributed by atoms with Crippen molar-refractivity contribution in [1.82, 2.24) is 25.1 Å². The number of aliphatic carboxylic acids is 1. The van der Waals surface area contributed by atoms with Crippen LogP contribution in [0.4, 0.5) is 0 Å². The van der Waals surface area contributed by atoms with Crippen LogP contribution in [0.1, 0.15) is 32.2 Å². The molecule has 0 radical (unpaired) electrons. The van der Waals surface area contributed by atoms with Gasteiger partial charge < -0.3 is 10.0 Å². The van der Waals surface area contributed by atoms with Crippen LogP contribution in [-0.4, -0.2) is 60.9 Å². The number of thioether (sulfide) groups is 1. The van der Waals surface area contributed by atoms with Gasteiger partial charge in [-0.1, -0.05) is 18.7 Å². The van der Waals surface area contributed by atoms with Crippen molar-refractivity contribution in [2.24, 2.45) is 0 Å². The molecule has 1 saturated carbocycles. The lowest BCUT2D eigenvalue weighted by atomic mass is 10.2. The number of likely N-dealkylation sites (N-methyl/N-ethyl adjacent to an activating group) is 1. The molecule has 1 unspecified atom stereocenters. The van der Waals surface area contributed by atoms with Gasteiger partial charge in [-0.15, -0.1) is 5.10 Å². The summed E-state index contributed by atoms with van der Waals surface area (Å²) < 4.78 is 1.73. The van der Waals surface area contributed by atoms with E-state index in [1.807, 2.05) is 0 Å². The lowest BCUT2D eigenvalue weighted by molar-refractivity contribution is -0.148. The molecule has 0 spiro atoms. The molecule has 0 saturated heterocycles. The Hall–Kier alpha value is -1.64. The molecule has 1 atom stereocenters. The standard InChI is InChI=1S/C11H17N5O3S/c1-3-8(10(18)19)15(2)9(17)6-20-11-12-13-14-16(11)7-4-5-7/h7-8H,3-6H2,1-2H3,(H,18,19). The first kappa shape index (κ1) is 14.8. The molecule has 0 bridgehead atoms. The number of carboxylic acids is 1. The molecule has 1 aliphatic carbocycles. The van der Waals surface area contributed by atoms with Gasteiger partial charge in [0.05, 0.1) is 11.8 Å². The largest absolute Gasteiger partial charge is 0.480 e. The first-order valence-corrected chi connectivity index (χ1v) is 7.42. The van der Waals surface area contributed by atoms with E-state index in [0.717, 1.165) is 12.8 Å². The second-order valence-corrected chi connectivity index (χ2v) is 5.64. The average molecular weight is 299 g/mol. The minimum atomic E-state index is -0.990. The molecule has 1 aromatic rings. The van der Waals surface area contributed by atoms with Crippen LogP contribution in [0.5, 0.6) is 0 Å². The number of hydrogen-bond acceptors (Lipinski definition) is 6. The molecule has 0 aliphatic heterocycles. The third-order valence-corrected chi connectivity index (χ3v) is 4.13. The van der Waals surface area contributed by atoms with Crippen molar-refractivity contribution in [1.29, 1.82) is 0 Å². The number of carbonyl (C=O) groups excluding carboxylic acids is 1. The van der Waals surface area contributed by atoms with E-state index < -0.39 is 12.0 Å². The van der Waals surface area contributed by atoms with Gasteiger partial charge in [-0.25, -0.2) is 9.48 Å². The number of carbonyl (C=O) groups is 2. The summed E-state index contributed by atoms with van der Waals surface area (Å²) in [5, 5.41) is 21.0. The number of carboxylic acid groups (broad SMARTS) is 1. The van der Waals surface area contributed by atoms with E-state index in [1.165, 1.54) is 23.7 Å². The molecule has 1 N–H and O–H groups in total. The minimum absolute atomic E-state index is 0.132. The molecule has 2 rings (SSSR count). The minimum Gasteiger partial charge on any atom is -0.480 e. The van der Waals surface area contributed by atoms with E-state index in [2.05, 4.69) is 15.5 Å². The van der Waals surface area contributed by atoms with E-state index in [9.17, 15) is 9.59 Å². The van der Waals surface area contributed by atoms with E-state index in [0.29, 0.717) is 17.6 Å². The van der Waals surface area contributed by atoms with Crippen LogP contribution < -0.4 is 0 Å². The van der Waals surface area contributed by atoms with Gasteiger partial charge in [-0.2, -0.15) is 0 Å². The summed E-state index contributed by atoms with van der Waals surface area (Å²) in [7, 11) is 1.51. The van der Waals surface area contributed by atoms with Crippen molar-refractivity contribution >= 4 is 23.6 Å². The Morgan fingerprint density at radius 3 is 2.80 bits per heavy atom. The second-order valence-electron chi connectivity index (χ2n) is 4.69. The summed E-state index contributed by atoms with van der Waals surface area (Å²) >= 11 is 1.24. The molecule has 9 heteroatoms. The highest BCUT2D eigenvalue weighted by Crippen LogP contribution is 2.36. The maximum Gasteiger partial charge on any atom is 0.326 e. The Kier molecular flexibility index (Phi) is 4.58. The topological polar surface area (TPSA) is 101 Å². The lowest BCUT2D eigenvalue weighted by Gasteiger charge is -2.23. The Labute approximate surface area is 120 Å². The predicted octanol–water partition coefficient (Wildman–Crippen LogP) is 0.422. The molecule has 1 heterocycles. The maximum atomic E-state index is 12.0. The zero-order valence-corrected chi connectivity index (χ0v) is 12.2. The molecule has 1 fully saturated rings. The Morgan fingerprint density at radius 1 is 1.55 bits per heavy atom. The first-order chi connectivity index (χ1) is 9.54. The van der Waals surface area contributed by atoms with Crippen molar-refractivity contribution in [2.75, 3.05) is 12.8 Å². The monoisotopic (exact) mass is 299 g/mol. The highest BCUT2D eigenvalue weighted by molar-refractivity contribution is 7.99. The van der Waals surface area contributed by atoms with Crippen molar-refractivity contribution in [2.45, 2.75) is 43.4 Å². The zero-order valence-electron chi connectivity index (χ0n) is 11.4. The van der Waals surface area contributed by atoms with Gasteiger partial charge in [0.25, 0.3) is 0 Å².